The van der Waals surface area contributed by atoms with Gasteiger partial charge in [-0.15, -0.1) is 4.20 Å². The number of hydrogen-bond donors (Lipinski definition) is 0. The second-order valence-electron chi connectivity index (χ2n) is 2.31. The maximum atomic E-state index is 12.1. The Morgan fingerprint density at radius 2 is 2.09 bits per heavy atom. The van der Waals surface area contributed by atoms with Crippen LogP contribution in [0, 0.1) is 0 Å². The summed E-state index contributed by atoms with van der Waals surface area (Å²) in [4.78, 5) is 0. The van der Waals surface area contributed by atoms with Crippen LogP contribution in [0.1, 0.15) is 32.6 Å². The Bertz CT molecular complexity index is 137. The molecule has 0 saturated heterocycles. The zero-order chi connectivity index (χ0) is 8.74. The molecule has 0 saturated carbocycles. The average molecular weight is 247 g/mol. The Balaban J connectivity index is 3.09. The molecule has 0 fully saturated rings. The van der Waals surface area contributed by atoms with E-state index >= 15 is 0 Å². The van der Waals surface area contributed by atoms with E-state index in [1.54, 1.807) is 0 Å². The van der Waals surface area contributed by atoms with E-state index in [4.69, 9.17) is 0 Å². The van der Waals surface area contributed by atoms with Gasteiger partial charge >= 0.3 is 6.38 Å². The second-order valence-corrected chi connectivity index (χ2v) is 5.94. The van der Waals surface area contributed by atoms with Crippen molar-refractivity contribution >= 4 is 21.9 Å². The highest BCUT2D eigenvalue weighted by atomic mass is 79.9. The summed E-state index contributed by atoms with van der Waals surface area (Å²) in [5.74, 6) is 0. The molecule has 0 bridgehead atoms. The first kappa shape index (κ1) is 11.6. The number of rotatable bonds is 6. The first-order chi connectivity index (χ1) is 5.06. The summed E-state index contributed by atoms with van der Waals surface area (Å²) in [5, 5.41) is 0. The van der Waals surface area contributed by atoms with Crippen LogP contribution in [0.4, 0.5) is 4.20 Å². The van der Waals surface area contributed by atoms with Gasteiger partial charge in [-0.1, -0.05) is 26.2 Å². The fourth-order valence-electron chi connectivity index (χ4n) is 0.700. The van der Waals surface area contributed by atoms with Crippen LogP contribution in [-0.2, 0) is 9.09 Å². The molecule has 0 heterocycles. The summed E-state index contributed by atoms with van der Waals surface area (Å²) >= 11 is 2.31. The van der Waals surface area contributed by atoms with Crippen molar-refractivity contribution in [3.05, 3.63) is 0 Å². The van der Waals surface area contributed by atoms with Crippen molar-refractivity contribution in [2.24, 2.45) is 0 Å². The van der Waals surface area contributed by atoms with Crippen molar-refractivity contribution in [3.63, 3.8) is 0 Å². The minimum Gasteiger partial charge on any atom is -0.297 e. The van der Waals surface area contributed by atoms with Gasteiger partial charge in [0.25, 0.3) is 0 Å². The van der Waals surface area contributed by atoms with E-state index in [1.807, 2.05) is 0 Å². The molecule has 5 heteroatoms. The molecule has 0 radical (unpaired) electrons. The Kier molecular flexibility index (Phi) is 6.49. The van der Waals surface area contributed by atoms with Gasteiger partial charge in [0.2, 0.25) is 0 Å². The van der Waals surface area contributed by atoms with E-state index in [1.165, 1.54) is 0 Å². The second kappa shape index (κ2) is 6.15. The molecule has 1 atom stereocenters. The van der Waals surface area contributed by atoms with Crippen LogP contribution in [0.2, 0.25) is 0 Å². The molecular formula is C6H13BrFO2P. The predicted octanol–water partition coefficient (Wildman–Crippen LogP) is 4.06. The SMILES string of the molecule is CCCCCCOP(=O)(F)Br. The summed E-state index contributed by atoms with van der Waals surface area (Å²) < 4.78 is 26.8. The Hall–Kier alpha value is 0.600. The number of unbranched alkanes of at least 4 members (excludes halogenated alkanes) is 3. The molecule has 0 aromatic carbocycles. The van der Waals surface area contributed by atoms with Gasteiger partial charge in [-0.3, -0.25) is 4.52 Å². The highest BCUT2D eigenvalue weighted by molar-refractivity contribution is 9.39. The van der Waals surface area contributed by atoms with Crippen LogP contribution < -0.4 is 0 Å². The van der Waals surface area contributed by atoms with E-state index < -0.39 is 6.38 Å². The third-order valence-electron chi connectivity index (χ3n) is 1.24. The van der Waals surface area contributed by atoms with E-state index in [-0.39, 0.29) is 6.61 Å². The van der Waals surface area contributed by atoms with Crippen molar-refractivity contribution in [2.75, 3.05) is 6.61 Å². The van der Waals surface area contributed by atoms with Gasteiger partial charge in [-0.05, 0) is 6.42 Å². The molecule has 2 nitrogen and oxygen atoms in total. The first-order valence-corrected chi connectivity index (χ1v) is 7.23. The normalized spacial score (nSPS) is 16.3. The molecule has 0 aromatic heterocycles. The van der Waals surface area contributed by atoms with Crippen molar-refractivity contribution in [3.8, 4) is 0 Å². The maximum absolute atomic E-state index is 12.1. The minimum absolute atomic E-state index is 0.235. The van der Waals surface area contributed by atoms with Crippen LogP contribution in [0.5, 0.6) is 0 Å². The first-order valence-electron chi connectivity index (χ1n) is 3.70. The Labute approximate surface area is 74.8 Å². The van der Waals surface area contributed by atoms with Gasteiger partial charge in [-0.25, -0.2) is 4.57 Å². The minimum atomic E-state index is -3.90. The molecule has 1 unspecified atom stereocenters. The molecule has 11 heavy (non-hydrogen) atoms. The van der Waals surface area contributed by atoms with Crippen molar-refractivity contribution in [1.29, 1.82) is 0 Å². The Morgan fingerprint density at radius 3 is 2.55 bits per heavy atom. The highest BCUT2D eigenvalue weighted by Gasteiger charge is 2.14. The van der Waals surface area contributed by atoms with Gasteiger partial charge in [-0.2, -0.15) is 0 Å². The summed E-state index contributed by atoms with van der Waals surface area (Å²) in [6.07, 6.45) is 0.113. The lowest BCUT2D eigenvalue weighted by Crippen LogP contribution is -1.86. The van der Waals surface area contributed by atoms with Crippen molar-refractivity contribution in [2.45, 2.75) is 32.6 Å². The fourth-order valence-corrected chi connectivity index (χ4v) is 1.48. The molecule has 0 aromatic rings. The smallest absolute Gasteiger partial charge is 0.297 e. The maximum Gasteiger partial charge on any atom is 0.432 e. The van der Waals surface area contributed by atoms with Gasteiger partial charge in [0.1, 0.15) is 0 Å². The quantitative estimate of drug-likeness (QED) is 0.522. The van der Waals surface area contributed by atoms with Gasteiger partial charge in [0.15, 0.2) is 0 Å². The zero-order valence-electron chi connectivity index (χ0n) is 6.56. The highest BCUT2D eigenvalue weighted by Crippen LogP contribution is 2.56. The lowest BCUT2D eigenvalue weighted by molar-refractivity contribution is 0.292. The topological polar surface area (TPSA) is 26.3 Å². The summed E-state index contributed by atoms with van der Waals surface area (Å²) in [6.45, 7) is 2.32. The average Bonchev–Trinajstić information content (AvgIpc) is 1.85. The predicted molar refractivity (Wildman–Crippen MR) is 47.7 cm³/mol. The third-order valence-corrected chi connectivity index (χ3v) is 2.34. The van der Waals surface area contributed by atoms with Crippen LogP contribution in [-0.4, -0.2) is 6.61 Å². The van der Waals surface area contributed by atoms with Gasteiger partial charge in [0.05, 0.1) is 22.1 Å². The number of halogens is 2. The Morgan fingerprint density at radius 1 is 1.45 bits per heavy atom. The van der Waals surface area contributed by atoms with E-state index in [9.17, 15) is 8.76 Å². The van der Waals surface area contributed by atoms with Crippen molar-refractivity contribution in [1.82, 2.24) is 0 Å². The van der Waals surface area contributed by atoms with Gasteiger partial charge < -0.3 is 0 Å². The summed E-state index contributed by atoms with van der Waals surface area (Å²) in [7, 11) is 0. The molecule has 0 spiro atoms. The molecule has 68 valence electrons. The van der Waals surface area contributed by atoms with Gasteiger partial charge in [0, 0.05) is 0 Å². The zero-order valence-corrected chi connectivity index (χ0v) is 9.04. The van der Waals surface area contributed by atoms with E-state index in [0.717, 1.165) is 25.7 Å². The van der Waals surface area contributed by atoms with Crippen LogP contribution in [0.3, 0.4) is 0 Å². The molecule has 0 rings (SSSR count). The molecule has 0 aliphatic rings. The fraction of sp³-hybridized carbons (Fsp3) is 1.00. The van der Waals surface area contributed by atoms with Crippen LogP contribution in [0.15, 0.2) is 0 Å². The molecular weight excluding hydrogens is 234 g/mol. The molecule has 0 amide bonds. The standard InChI is InChI=1S/C6H13BrFO2P/c1-2-3-4-5-6-10-11(7,8)9/h2-6H2,1H3. The molecule has 0 N–H and O–H groups in total. The number of hydrogen-bond acceptors (Lipinski definition) is 2. The lowest BCUT2D eigenvalue weighted by Gasteiger charge is -2.01. The molecule has 0 aliphatic carbocycles. The van der Waals surface area contributed by atoms with Crippen LogP contribution in [0.25, 0.3) is 0 Å². The molecule has 0 aliphatic heterocycles. The summed E-state index contributed by atoms with van der Waals surface area (Å²) in [6, 6.07) is 0. The summed E-state index contributed by atoms with van der Waals surface area (Å²) in [5.41, 5.74) is 0. The monoisotopic (exact) mass is 246 g/mol. The third kappa shape index (κ3) is 10.6. The lowest BCUT2D eigenvalue weighted by atomic mass is 10.2. The van der Waals surface area contributed by atoms with Crippen LogP contribution >= 0.6 is 21.9 Å². The largest absolute Gasteiger partial charge is 0.432 e. The van der Waals surface area contributed by atoms with Crippen molar-refractivity contribution < 1.29 is 13.3 Å². The van der Waals surface area contributed by atoms with E-state index in [2.05, 4.69) is 26.9 Å². The van der Waals surface area contributed by atoms with E-state index in [0.29, 0.717) is 0 Å².